The molecule has 0 radical (unpaired) electrons. The highest BCUT2D eigenvalue weighted by atomic mass is 16.3. The highest BCUT2D eigenvalue weighted by Crippen LogP contribution is 2.25. The van der Waals surface area contributed by atoms with E-state index >= 15 is 0 Å². The minimum Gasteiger partial charge on any atom is -0.493 e. The van der Waals surface area contributed by atoms with E-state index in [0.717, 1.165) is 29.4 Å². The zero-order chi connectivity index (χ0) is 9.97. The molecule has 2 aromatic rings. The first-order valence-corrected chi connectivity index (χ1v) is 4.61. The summed E-state index contributed by atoms with van der Waals surface area (Å²) in [4.78, 5) is 6.97. The van der Waals surface area contributed by atoms with Gasteiger partial charge in [0.25, 0.3) is 0 Å². The molecule has 0 aliphatic carbocycles. The van der Waals surface area contributed by atoms with Crippen LogP contribution in [0.4, 0.5) is 0 Å². The van der Waals surface area contributed by atoms with Gasteiger partial charge in [-0.05, 0) is 31.6 Å². The Bertz CT molecular complexity index is 436. The van der Waals surface area contributed by atoms with Gasteiger partial charge >= 0.3 is 0 Å². The van der Waals surface area contributed by atoms with Gasteiger partial charge < -0.3 is 15.4 Å². The molecule has 2 heterocycles. The fraction of sp³-hybridized carbons (Fsp3) is 0.300. The van der Waals surface area contributed by atoms with Gasteiger partial charge in [-0.3, -0.25) is 0 Å². The third kappa shape index (κ3) is 1.44. The van der Waals surface area contributed by atoms with Gasteiger partial charge in [-0.15, -0.1) is 0 Å². The van der Waals surface area contributed by atoms with Crippen molar-refractivity contribution in [2.24, 2.45) is 0 Å². The minimum atomic E-state index is 0.106. The molecule has 4 heteroatoms. The predicted molar refractivity (Wildman–Crippen MR) is 55.4 cm³/mol. The third-order valence-corrected chi connectivity index (χ3v) is 2.30. The number of likely N-dealkylation sites (N-methyl/N-ethyl adjacent to an activating group) is 1. The highest BCUT2D eigenvalue weighted by molar-refractivity contribution is 5.87. The Morgan fingerprint density at radius 1 is 1.57 bits per heavy atom. The lowest BCUT2D eigenvalue weighted by Crippen LogP contribution is -2.09. The molecule has 74 valence electrons. The zero-order valence-electron chi connectivity index (χ0n) is 8.04. The van der Waals surface area contributed by atoms with Gasteiger partial charge in [0.1, 0.15) is 0 Å². The summed E-state index contributed by atoms with van der Waals surface area (Å²) in [6.07, 6.45) is 4.40. The van der Waals surface area contributed by atoms with Crippen molar-refractivity contribution in [1.82, 2.24) is 15.3 Å². The lowest BCUT2D eigenvalue weighted by atomic mass is 10.1. The van der Waals surface area contributed by atoms with Crippen LogP contribution in [-0.4, -0.2) is 28.7 Å². The molecule has 0 aliphatic heterocycles. The first kappa shape index (κ1) is 9.02. The molecular formula is C10H13N3O. The van der Waals surface area contributed by atoms with Crippen LogP contribution >= 0.6 is 0 Å². The van der Waals surface area contributed by atoms with Crippen LogP contribution in [0.15, 0.2) is 18.5 Å². The van der Waals surface area contributed by atoms with Crippen molar-refractivity contribution < 1.29 is 5.11 Å². The van der Waals surface area contributed by atoms with E-state index in [0.29, 0.717) is 0 Å². The molecule has 0 atom stereocenters. The molecule has 0 unspecified atom stereocenters. The molecule has 2 aromatic heterocycles. The Morgan fingerprint density at radius 3 is 3.21 bits per heavy atom. The molecule has 0 bridgehead atoms. The van der Waals surface area contributed by atoms with E-state index < -0.39 is 0 Å². The number of aromatic nitrogens is 2. The van der Waals surface area contributed by atoms with Crippen LogP contribution in [0.3, 0.4) is 0 Å². The van der Waals surface area contributed by atoms with Crippen molar-refractivity contribution in [2.75, 3.05) is 13.6 Å². The molecule has 0 saturated carbocycles. The number of H-pyrrole nitrogens is 1. The Hall–Kier alpha value is -1.55. The molecule has 2 rings (SSSR count). The van der Waals surface area contributed by atoms with E-state index in [1.165, 1.54) is 0 Å². The smallest absolute Gasteiger partial charge is 0.220 e. The number of hydrogen-bond acceptors (Lipinski definition) is 3. The molecule has 0 saturated heterocycles. The van der Waals surface area contributed by atoms with E-state index in [4.69, 9.17) is 0 Å². The monoisotopic (exact) mass is 191 g/mol. The maximum absolute atomic E-state index is 9.59. The lowest BCUT2D eigenvalue weighted by Gasteiger charge is -1.99. The summed E-state index contributed by atoms with van der Waals surface area (Å²) in [6, 6.07) is 1.86. The van der Waals surface area contributed by atoms with Crippen molar-refractivity contribution >= 4 is 10.9 Å². The summed E-state index contributed by atoms with van der Waals surface area (Å²) < 4.78 is 0. The summed E-state index contributed by atoms with van der Waals surface area (Å²) in [6.45, 7) is 0.890. The van der Waals surface area contributed by atoms with Crippen molar-refractivity contribution in [3.8, 4) is 5.88 Å². The molecule has 0 spiro atoms. The molecule has 14 heavy (non-hydrogen) atoms. The fourth-order valence-electron chi connectivity index (χ4n) is 1.58. The molecule has 0 aliphatic rings. The van der Waals surface area contributed by atoms with Gasteiger partial charge in [0, 0.05) is 12.4 Å². The van der Waals surface area contributed by atoms with Crippen LogP contribution in [-0.2, 0) is 6.42 Å². The summed E-state index contributed by atoms with van der Waals surface area (Å²) in [5.74, 6) is 0.106. The second-order valence-corrected chi connectivity index (χ2v) is 3.22. The number of pyridine rings is 1. The second-order valence-electron chi connectivity index (χ2n) is 3.22. The topological polar surface area (TPSA) is 60.9 Å². The quantitative estimate of drug-likeness (QED) is 0.679. The van der Waals surface area contributed by atoms with E-state index in [9.17, 15) is 5.11 Å². The van der Waals surface area contributed by atoms with Crippen molar-refractivity contribution in [3.63, 3.8) is 0 Å². The number of nitrogens with one attached hydrogen (secondary N) is 2. The Labute approximate surface area is 82.0 Å². The predicted octanol–water partition coefficient (Wildman–Crippen LogP) is 1.03. The van der Waals surface area contributed by atoms with Gasteiger partial charge in [-0.1, -0.05) is 0 Å². The Balaban J connectivity index is 2.45. The van der Waals surface area contributed by atoms with Gasteiger partial charge in [0.2, 0.25) is 5.88 Å². The average Bonchev–Trinajstić information content (AvgIpc) is 2.59. The Morgan fingerprint density at radius 2 is 2.43 bits per heavy atom. The van der Waals surface area contributed by atoms with Crippen LogP contribution in [0, 0.1) is 0 Å². The number of hydrogen-bond donors (Lipinski definition) is 3. The van der Waals surface area contributed by atoms with Crippen molar-refractivity contribution in [2.45, 2.75) is 6.42 Å². The highest BCUT2D eigenvalue weighted by Gasteiger charge is 2.07. The summed E-state index contributed by atoms with van der Waals surface area (Å²) >= 11 is 0. The van der Waals surface area contributed by atoms with E-state index in [2.05, 4.69) is 15.3 Å². The van der Waals surface area contributed by atoms with Crippen molar-refractivity contribution in [1.29, 1.82) is 0 Å². The number of aromatic hydroxyl groups is 1. The largest absolute Gasteiger partial charge is 0.493 e. The molecule has 3 N–H and O–H groups in total. The SMILES string of the molecule is CNCCc1c[nH]c2ccnc(O)c12. The summed E-state index contributed by atoms with van der Waals surface area (Å²) in [7, 11) is 1.91. The van der Waals surface area contributed by atoms with Gasteiger partial charge in [0.05, 0.1) is 10.9 Å². The normalized spacial score (nSPS) is 10.9. The van der Waals surface area contributed by atoms with Crippen LogP contribution < -0.4 is 5.32 Å². The average molecular weight is 191 g/mol. The summed E-state index contributed by atoms with van der Waals surface area (Å²) in [5.41, 5.74) is 2.03. The summed E-state index contributed by atoms with van der Waals surface area (Å²) in [5, 5.41) is 13.5. The number of aromatic amines is 1. The van der Waals surface area contributed by atoms with Gasteiger partial charge in [-0.2, -0.15) is 0 Å². The molecule has 0 amide bonds. The van der Waals surface area contributed by atoms with Crippen LogP contribution in [0.5, 0.6) is 5.88 Å². The van der Waals surface area contributed by atoms with E-state index in [1.54, 1.807) is 6.20 Å². The lowest BCUT2D eigenvalue weighted by molar-refractivity contribution is 0.460. The standard InChI is InChI=1S/C10H13N3O/c1-11-4-2-7-6-13-8-3-5-12-10(14)9(7)8/h3,5-6,11,13H,2,4H2,1H3,(H,12,14). The van der Waals surface area contributed by atoms with E-state index in [1.807, 2.05) is 19.3 Å². The first-order valence-electron chi connectivity index (χ1n) is 4.61. The second kappa shape index (κ2) is 3.67. The molecule has 4 nitrogen and oxygen atoms in total. The van der Waals surface area contributed by atoms with Gasteiger partial charge in [-0.25, -0.2) is 4.98 Å². The fourth-order valence-corrected chi connectivity index (χ4v) is 1.58. The number of rotatable bonds is 3. The van der Waals surface area contributed by atoms with E-state index in [-0.39, 0.29) is 5.88 Å². The van der Waals surface area contributed by atoms with Crippen LogP contribution in [0.2, 0.25) is 0 Å². The third-order valence-electron chi connectivity index (χ3n) is 2.30. The first-order chi connectivity index (χ1) is 6.83. The molecule has 0 fully saturated rings. The number of fused-ring (bicyclic) bond motifs is 1. The van der Waals surface area contributed by atoms with Gasteiger partial charge in [0.15, 0.2) is 0 Å². The van der Waals surface area contributed by atoms with Crippen LogP contribution in [0.1, 0.15) is 5.56 Å². The molecule has 0 aromatic carbocycles. The Kier molecular flexibility index (Phi) is 2.37. The zero-order valence-corrected chi connectivity index (χ0v) is 8.04. The maximum Gasteiger partial charge on any atom is 0.220 e. The van der Waals surface area contributed by atoms with Crippen LogP contribution in [0.25, 0.3) is 10.9 Å². The number of nitrogens with zero attached hydrogens (tertiary/aromatic N) is 1. The molecular weight excluding hydrogens is 178 g/mol. The minimum absolute atomic E-state index is 0.106. The maximum atomic E-state index is 9.59. The van der Waals surface area contributed by atoms with Crippen molar-refractivity contribution in [3.05, 3.63) is 24.0 Å².